The van der Waals surface area contributed by atoms with E-state index in [9.17, 15) is 15.2 Å². The third-order valence-electron chi connectivity index (χ3n) is 4.42. The minimum Gasteiger partial charge on any atom is -0.394 e. The van der Waals surface area contributed by atoms with Crippen LogP contribution in [0.3, 0.4) is 0 Å². The predicted octanol–water partition coefficient (Wildman–Crippen LogP) is 3.40. The van der Waals surface area contributed by atoms with Crippen LogP contribution in [0.1, 0.15) is 22.9 Å². The molecule has 1 saturated heterocycles. The van der Waals surface area contributed by atoms with Crippen LogP contribution in [-0.4, -0.2) is 27.8 Å². The van der Waals surface area contributed by atoms with Crippen LogP contribution < -0.4 is 5.32 Å². The first kappa shape index (κ1) is 18.9. The number of amides is 1. The third kappa shape index (κ3) is 4.04. The van der Waals surface area contributed by atoms with Gasteiger partial charge in [0.05, 0.1) is 28.3 Å². The minimum absolute atomic E-state index is 0.173. The fraction of sp³-hybridized carbons (Fsp3) is 0.0909. The second kappa shape index (κ2) is 8.27. The lowest BCUT2D eigenvalue weighted by molar-refractivity contribution is -0.115. The van der Waals surface area contributed by atoms with Gasteiger partial charge < -0.3 is 10.4 Å². The lowest BCUT2D eigenvalue weighted by Gasteiger charge is -2.10. The van der Waals surface area contributed by atoms with E-state index in [1.165, 1.54) is 11.8 Å². The molecule has 1 aliphatic rings. The number of nitrogens with zero attached hydrogens (tertiary/aromatic N) is 3. The molecule has 6 nitrogen and oxygen atoms in total. The Hall–Kier alpha value is -3.47. The number of rotatable bonds is 4. The van der Waals surface area contributed by atoms with E-state index in [0.717, 1.165) is 16.5 Å². The summed E-state index contributed by atoms with van der Waals surface area (Å²) in [5, 5.41) is 23.1. The molecule has 0 spiro atoms. The summed E-state index contributed by atoms with van der Waals surface area (Å²) in [5.41, 5.74) is 2.44. The van der Waals surface area contributed by atoms with Crippen LogP contribution >= 0.6 is 11.8 Å². The Bertz CT molecular complexity index is 1180. The van der Waals surface area contributed by atoms with Gasteiger partial charge >= 0.3 is 0 Å². The average molecular weight is 400 g/mol. The number of para-hydroxylation sites is 1. The molecule has 142 valence electrons. The molecule has 3 aromatic rings. The number of pyridine rings is 1. The van der Waals surface area contributed by atoms with Crippen molar-refractivity contribution in [2.45, 2.75) is 6.04 Å². The Labute approximate surface area is 171 Å². The average Bonchev–Trinajstić information content (AvgIpc) is 3.10. The molecule has 0 bridgehead atoms. The van der Waals surface area contributed by atoms with Crippen molar-refractivity contribution in [3.63, 3.8) is 0 Å². The third-order valence-corrected chi connectivity index (χ3v) is 5.35. The number of thioether (sulfide) groups is 1. The molecule has 0 radical (unpaired) electrons. The summed E-state index contributed by atoms with van der Waals surface area (Å²) in [5.74, 6) is -0.308. The Morgan fingerprint density at radius 2 is 1.97 bits per heavy atom. The van der Waals surface area contributed by atoms with Gasteiger partial charge in [-0.3, -0.25) is 9.79 Å². The van der Waals surface area contributed by atoms with Gasteiger partial charge in [0.25, 0.3) is 5.91 Å². The van der Waals surface area contributed by atoms with Crippen molar-refractivity contribution in [2.75, 3.05) is 6.61 Å². The number of aromatic nitrogens is 1. The minimum atomic E-state index is -0.466. The lowest BCUT2D eigenvalue weighted by atomic mass is 10.1. The largest absolute Gasteiger partial charge is 0.394 e. The maximum Gasteiger partial charge on any atom is 0.264 e. The van der Waals surface area contributed by atoms with Gasteiger partial charge in [0.15, 0.2) is 5.17 Å². The summed E-state index contributed by atoms with van der Waals surface area (Å²) >= 11 is 1.17. The number of carbonyl (C=O) groups is 1. The van der Waals surface area contributed by atoms with Gasteiger partial charge in [-0.1, -0.05) is 48.5 Å². The van der Waals surface area contributed by atoms with Gasteiger partial charge in [0.2, 0.25) is 0 Å². The van der Waals surface area contributed by atoms with E-state index in [0.29, 0.717) is 21.3 Å². The summed E-state index contributed by atoms with van der Waals surface area (Å²) in [6, 6.07) is 20.3. The molecule has 1 aliphatic heterocycles. The molecule has 1 atom stereocenters. The van der Waals surface area contributed by atoms with E-state index in [2.05, 4.69) is 21.4 Å². The Morgan fingerprint density at radius 3 is 2.72 bits per heavy atom. The quantitative estimate of drug-likeness (QED) is 0.654. The van der Waals surface area contributed by atoms with Crippen molar-refractivity contribution in [3.8, 4) is 6.07 Å². The molecule has 29 heavy (non-hydrogen) atoms. The van der Waals surface area contributed by atoms with E-state index >= 15 is 0 Å². The highest BCUT2D eigenvalue weighted by Crippen LogP contribution is 2.29. The zero-order chi connectivity index (χ0) is 20.2. The van der Waals surface area contributed by atoms with E-state index in [1.54, 1.807) is 12.1 Å². The maximum absolute atomic E-state index is 12.4. The summed E-state index contributed by atoms with van der Waals surface area (Å²) in [6.45, 7) is -0.173. The number of nitriles is 1. The number of hydrogen-bond acceptors (Lipinski definition) is 6. The van der Waals surface area contributed by atoms with Crippen molar-refractivity contribution >= 4 is 39.8 Å². The molecular weight excluding hydrogens is 384 g/mol. The van der Waals surface area contributed by atoms with E-state index in [-0.39, 0.29) is 12.5 Å². The van der Waals surface area contributed by atoms with Crippen LogP contribution in [0.2, 0.25) is 0 Å². The topological polar surface area (TPSA) is 98.4 Å². The first-order valence-corrected chi connectivity index (χ1v) is 9.74. The zero-order valence-electron chi connectivity index (χ0n) is 15.2. The van der Waals surface area contributed by atoms with Crippen LogP contribution in [-0.2, 0) is 4.79 Å². The highest BCUT2D eigenvalue weighted by atomic mass is 32.2. The molecule has 0 saturated carbocycles. The molecule has 1 aromatic heterocycles. The van der Waals surface area contributed by atoms with Crippen molar-refractivity contribution in [3.05, 3.63) is 82.4 Å². The molecule has 4 rings (SSSR count). The van der Waals surface area contributed by atoms with Gasteiger partial charge in [-0.05, 0) is 35.5 Å². The standard InChI is InChI=1S/C22H16N4O2S/c23-12-16-10-15-8-4-5-9-17(15)24-18(16)11-20-21(28)26-22(29-20)25-19(13-27)14-6-2-1-3-7-14/h1-11,19,27H,13H2,(H,25,26,28)/b20-11-/t19-/m0/s1. The van der Waals surface area contributed by atoms with Gasteiger partial charge in [0, 0.05) is 5.39 Å². The number of nitrogens with one attached hydrogen (secondary N) is 1. The van der Waals surface area contributed by atoms with Gasteiger partial charge in [0.1, 0.15) is 12.1 Å². The van der Waals surface area contributed by atoms with Gasteiger partial charge in [-0.2, -0.15) is 5.26 Å². The summed E-state index contributed by atoms with van der Waals surface area (Å²) in [4.78, 5) is 21.8. The van der Waals surface area contributed by atoms with Crippen LogP contribution in [0.15, 0.2) is 70.6 Å². The molecule has 7 heteroatoms. The van der Waals surface area contributed by atoms with E-state index in [4.69, 9.17) is 0 Å². The molecule has 2 aromatic carbocycles. The fourth-order valence-electron chi connectivity index (χ4n) is 2.98. The van der Waals surface area contributed by atoms with E-state index in [1.807, 2.05) is 54.6 Å². The summed E-state index contributed by atoms with van der Waals surface area (Å²) < 4.78 is 0. The second-order valence-corrected chi connectivity index (χ2v) is 7.36. The zero-order valence-corrected chi connectivity index (χ0v) is 16.1. The summed E-state index contributed by atoms with van der Waals surface area (Å²) in [6.07, 6.45) is 1.60. The Balaban J connectivity index is 1.65. The van der Waals surface area contributed by atoms with Crippen LogP contribution in [0.5, 0.6) is 0 Å². The van der Waals surface area contributed by atoms with Crippen molar-refractivity contribution in [1.82, 2.24) is 10.3 Å². The number of fused-ring (bicyclic) bond motifs is 1. The smallest absolute Gasteiger partial charge is 0.264 e. The van der Waals surface area contributed by atoms with E-state index < -0.39 is 6.04 Å². The Morgan fingerprint density at radius 1 is 1.21 bits per heavy atom. The number of carbonyl (C=O) groups excluding carboxylic acids is 1. The lowest BCUT2D eigenvalue weighted by Crippen LogP contribution is -2.21. The first-order valence-electron chi connectivity index (χ1n) is 8.92. The Kier molecular flexibility index (Phi) is 5.38. The summed E-state index contributed by atoms with van der Waals surface area (Å²) in [7, 11) is 0. The van der Waals surface area contributed by atoms with Crippen molar-refractivity contribution in [2.24, 2.45) is 4.99 Å². The van der Waals surface area contributed by atoms with Crippen LogP contribution in [0.25, 0.3) is 17.0 Å². The fourth-order valence-corrected chi connectivity index (χ4v) is 3.83. The molecule has 2 N–H and O–H groups in total. The number of aliphatic imine (C=N–C) groups is 1. The highest BCUT2D eigenvalue weighted by Gasteiger charge is 2.25. The first-order chi connectivity index (χ1) is 14.2. The number of hydrogen-bond donors (Lipinski definition) is 2. The number of benzene rings is 2. The molecule has 2 heterocycles. The van der Waals surface area contributed by atoms with Gasteiger partial charge in [-0.15, -0.1) is 0 Å². The molecule has 1 fully saturated rings. The molecule has 0 aliphatic carbocycles. The normalized spacial score (nSPS) is 17.4. The van der Waals surface area contributed by atoms with Crippen LogP contribution in [0.4, 0.5) is 0 Å². The second-order valence-electron chi connectivity index (χ2n) is 6.33. The molecular formula is C22H16N4O2S. The predicted molar refractivity (Wildman–Crippen MR) is 114 cm³/mol. The van der Waals surface area contributed by atoms with Crippen LogP contribution in [0, 0.1) is 11.3 Å². The monoisotopic (exact) mass is 400 g/mol. The number of aliphatic hydroxyl groups excluding tert-OH is 1. The molecule has 1 amide bonds. The highest BCUT2D eigenvalue weighted by molar-refractivity contribution is 8.18. The molecule has 0 unspecified atom stereocenters. The van der Waals surface area contributed by atoms with Crippen molar-refractivity contribution in [1.29, 1.82) is 5.26 Å². The maximum atomic E-state index is 12.4. The SMILES string of the molecule is N#Cc1cc2ccccc2nc1/C=C1\SC(=N[C@@H](CO)c2ccccc2)NC1=O. The van der Waals surface area contributed by atoms with Gasteiger partial charge in [-0.25, -0.2) is 4.98 Å². The van der Waals surface area contributed by atoms with Crippen molar-refractivity contribution < 1.29 is 9.90 Å². The number of amidine groups is 1. The number of aliphatic hydroxyl groups is 1.